The number of hydrogen-bond donors (Lipinski definition) is 6. The van der Waals surface area contributed by atoms with E-state index in [9.17, 15) is 40.2 Å². The molecule has 6 N–H and O–H groups in total. The minimum absolute atomic E-state index is 0.0717. The Morgan fingerprint density at radius 1 is 1.03 bits per heavy atom. The van der Waals surface area contributed by atoms with Crippen molar-refractivity contribution in [1.82, 2.24) is 0 Å². The molecule has 0 amide bonds. The van der Waals surface area contributed by atoms with E-state index >= 15 is 0 Å². The Bertz CT molecular complexity index is 1130. The number of fused-ring (bicyclic) bond motifs is 1. The van der Waals surface area contributed by atoms with E-state index in [1.807, 2.05) is 0 Å². The Morgan fingerprint density at radius 3 is 2.46 bits per heavy atom. The molecule has 1 fully saturated rings. The number of carbonyl (C=O) groups is 2. The standard InChI is InChI=1S/C23H24O12/c1-9(24)32-8-17-18(28)20(30)21(31)23(35-17)34-15-5-3-11-13(26)7-16(33-22(11)19(15)29)10-2-4-12(25)14(27)6-10/h2-6,16-18,20-21,23,25,27-31H,7-8H2,1H3/t16-,17+,18+,20-,21+,23+/m0/s1. The highest BCUT2D eigenvalue weighted by molar-refractivity contribution is 6.01. The number of ketones is 1. The van der Waals surface area contributed by atoms with Crippen LogP contribution in [0.5, 0.6) is 28.7 Å². The van der Waals surface area contributed by atoms with E-state index in [-0.39, 0.29) is 35.0 Å². The van der Waals surface area contributed by atoms with Gasteiger partial charge in [0.15, 0.2) is 28.8 Å². The van der Waals surface area contributed by atoms with Crippen LogP contribution in [0, 0.1) is 0 Å². The topological polar surface area (TPSA) is 192 Å². The number of Topliss-reactive ketones (excluding diaryl/α,β-unsaturated/α-hetero) is 1. The lowest BCUT2D eigenvalue weighted by Crippen LogP contribution is -2.60. The summed E-state index contributed by atoms with van der Waals surface area (Å²) in [7, 11) is 0. The van der Waals surface area contributed by atoms with Crippen molar-refractivity contribution in [2.24, 2.45) is 0 Å². The predicted octanol–water partition coefficient (Wildman–Crippen LogP) is 0.259. The number of aliphatic hydroxyl groups excluding tert-OH is 3. The Balaban J connectivity index is 1.58. The molecular weight excluding hydrogens is 468 g/mol. The van der Waals surface area contributed by atoms with Crippen molar-refractivity contribution in [3.8, 4) is 28.7 Å². The molecule has 0 unspecified atom stereocenters. The van der Waals surface area contributed by atoms with Gasteiger partial charge < -0.3 is 49.6 Å². The van der Waals surface area contributed by atoms with Crippen LogP contribution in [0.15, 0.2) is 30.3 Å². The third-order valence-corrected chi connectivity index (χ3v) is 5.76. The number of carbonyl (C=O) groups excluding carboxylic acids is 2. The van der Waals surface area contributed by atoms with Crippen LogP contribution in [0.3, 0.4) is 0 Å². The molecule has 0 aromatic heterocycles. The highest BCUT2D eigenvalue weighted by atomic mass is 16.7. The number of esters is 1. The Morgan fingerprint density at radius 2 is 1.77 bits per heavy atom. The molecule has 4 rings (SSSR count). The van der Waals surface area contributed by atoms with E-state index in [4.69, 9.17) is 18.9 Å². The number of phenols is 3. The molecule has 0 spiro atoms. The molecule has 12 nitrogen and oxygen atoms in total. The summed E-state index contributed by atoms with van der Waals surface area (Å²) in [6, 6.07) is 6.52. The fourth-order valence-electron chi connectivity index (χ4n) is 3.85. The molecule has 0 radical (unpaired) electrons. The molecule has 0 bridgehead atoms. The summed E-state index contributed by atoms with van der Waals surface area (Å²) in [5, 5.41) is 60.6. The largest absolute Gasteiger partial charge is 0.504 e. The third kappa shape index (κ3) is 4.82. The minimum Gasteiger partial charge on any atom is -0.504 e. The fourth-order valence-corrected chi connectivity index (χ4v) is 3.85. The molecule has 2 aromatic carbocycles. The van der Waals surface area contributed by atoms with Crippen molar-refractivity contribution in [3.05, 3.63) is 41.5 Å². The zero-order valence-corrected chi connectivity index (χ0v) is 18.4. The molecule has 35 heavy (non-hydrogen) atoms. The van der Waals surface area contributed by atoms with Gasteiger partial charge in [0.05, 0.1) is 12.0 Å². The number of benzene rings is 2. The summed E-state index contributed by atoms with van der Waals surface area (Å²) in [6.45, 7) is 0.725. The van der Waals surface area contributed by atoms with Crippen LogP contribution in [0.2, 0.25) is 0 Å². The van der Waals surface area contributed by atoms with Gasteiger partial charge in [-0.2, -0.15) is 0 Å². The van der Waals surface area contributed by atoms with Gasteiger partial charge >= 0.3 is 5.97 Å². The van der Waals surface area contributed by atoms with Crippen molar-refractivity contribution in [2.75, 3.05) is 6.61 Å². The molecule has 2 aromatic rings. The lowest BCUT2D eigenvalue weighted by molar-refractivity contribution is -0.278. The maximum Gasteiger partial charge on any atom is 0.302 e. The number of rotatable bonds is 5. The molecule has 188 valence electrons. The molecule has 2 aliphatic rings. The van der Waals surface area contributed by atoms with Gasteiger partial charge in [-0.1, -0.05) is 6.07 Å². The average molecular weight is 492 g/mol. The normalized spacial score (nSPS) is 28.1. The second kappa shape index (κ2) is 9.58. The molecule has 12 heteroatoms. The SMILES string of the molecule is CC(=O)OC[C@H]1O[C@@H](Oc2ccc3c(c2O)O[C@H](c2ccc(O)c(O)c2)CC3=O)[C@H](O)[C@@H](O)[C@@H]1O. The first kappa shape index (κ1) is 24.5. The van der Waals surface area contributed by atoms with E-state index in [1.165, 1.54) is 30.3 Å². The minimum atomic E-state index is -1.73. The number of phenolic OH excluding ortho intramolecular Hbond substituents is 3. The van der Waals surface area contributed by atoms with E-state index in [0.29, 0.717) is 5.56 Å². The van der Waals surface area contributed by atoms with Gasteiger partial charge in [-0.25, -0.2) is 0 Å². The van der Waals surface area contributed by atoms with Crippen LogP contribution in [0.25, 0.3) is 0 Å². The second-order valence-corrected chi connectivity index (χ2v) is 8.21. The number of aromatic hydroxyl groups is 3. The molecular formula is C23H24O12. The van der Waals surface area contributed by atoms with Gasteiger partial charge in [-0.05, 0) is 29.8 Å². The van der Waals surface area contributed by atoms with Crippen LogP contribution in [0.1, 0.15) is 35.4 Å². The van der Waals surface area contributed by atoms with E-state index in [2.05, 4.69) is 0 Å². The average Bonchev–Trinajstić information content (AvgIpc) is 2.82. The Labute approximate surface area is 198 Å². The lowest BCUT2D eigenvalue weighted by atomic mass is 9.95. The number of ether oxygens (including phenoxy) is 4. The van der Waals surface area contributed by atoms with Gasteiger partial charge in [-0.15, -0.1) is 0 Å². The summed E-state index contributed by atoms with van der Waals surface area (Å²) < 4.78 is 21.6. The van der Waals surface area contributed by atoms with Crippen molar-refractivity contribution >= 4 is 11.8 Å². The Kier molecular flexibility index (Phi) is 6.72. The van der Waals surface area contributed by atoms with Crippen molar-refractivity contribution < 1.29 is 59.2 Å². The highest BCUT2D eigenvalue weighted by Crippen LogP contribution is 2.46. The smallest absolute Gasteiger partial charge is 0.302 e. The summed E-state index contributed by atoms with van der Waals surface area (Å²) in [6.07, 6.45) is -8.81. The first-order valence-electron chi connectivity index (χ1n) is 10.6. The van der Waals surface area contributed by atoms with Gasteiger partial charge in [0.2, 0.25) is 12.0 Å². The second-order valence-electron chi connectivity index (χ2n) is 8.21. The summed E-state index contributed by atoms with van der Waals surface area (Å²) in [4.78, 5) is 23.7. The van der Waals surface area contributed by atoms with Gasteiger partial charge in [0, 0.05) is 6.92 Å². The predicted molar refractivity (Wildman–Crippen MR) is 114 cm³/mol. The van der Waals surface area contributed by atoms with Crippen molar-refractivity contribution in [1.29, 1.82) is 0 Å². The Hall–Kier alpha value is -3.58. The summed E-state index contributed by atoms with van der Waals surface area (Å²) in [5.74, 6) is -2.82. The zero-order chi connectivity index (χ0) is 25.4. The van der Waals surface area contributed by atoms with Crippen LogP contribution in [0.4, 0.5) is 0 Å². The molecule has 0 aliphatic carbocycles. The van der Waals surface area contributed by atoms with Crippen LogP contribution >= 0.6 is 0 Å². The van der Waals surface area contributed by atoms with Gasteiger partial charge in [0.1, 0.15) is 37.1 Å². The summed E-state index contributed by atoms with van der Waals surface area (Å²) >= 11 is 0. The number of aliphatic hydroxyl groups is 3. The van der Waals surface area contributed by atoms with E-state index in [1.54, 1.807) is 0 Å². The molecule has 0 saturated carbocycles. The lowest BCUT2D eigenvalue weighted by Gasteiger charge is -2.40. The van der Waals surface area contributed by atoms with Crippen LogP contribution in [-0.4, -0.2) is 79.7 Å². The monoisotopic (exact) mass is 492 g/mol. The molecule has 2 aliphatic heterocycles. The van der Waals surface area contributed by atoms with Gasteiger partial charge in [-0.3, -0.25) is 9.59 Å². The zero-order valence-electron chi connectivity index (χ0n) is 18.4. The first-order chi connectivity index (χ1) is 16.6. The fraction of sp³-hybridized carbons (Fsp3) is 0.391. The van der Waals surface area contributed by atoms with E-state index < -0.39 is 60.9 Å². The van der Waals surface area contributed by atoms with Crippen LogP contribution in [-0.2, 0) is 14.3 Å². The van der Waals surface area contributed by atoms with Crippen molar-refractivity contribution in [3.63, 3.8) is 0 Å². The maximum atomic E-state index is 12.7. The molecule has 1 saturated heterocycles. The third-order valence-electron chi connectivity index (χ3n) is 5.76. The van der Waals surface area contributed by atoms with Crippen molar-refractivity contribution in [2.45, 2.75) is 50.2 Å². The van der Waals surface area contributed by atoms with Crippen LogP contribution < -0.4 is 9.47 Å². The van der Waals surface area contributed by atoms with Gasteiger partial charge in [0.25, 0.3) is 0 Å². The molecule has 2 heterocycles. The number of hydrogen-bond acceptors (Lipinski definition) is 12. The van der Waals surface area contributed by atoms with E-state index in [0.717, 1.165) is 6.92 Å². The maximum absolute atomic E-state index is 12.7. The summed E-state index contributed by atoms with van der Waals surface area (Å²) in [5.41, 5.74) is 0.448. The highest BCUT2D eigenvalue weighted by Gasteiger charge is 2.46. The quantitative estimate of drug-likeness (QED) is 0.247. The molecule has 6 atom stereocenters. The first-order valence-corrected chi connectivity index (χ1v) is 10.6.